The van der Waals surface area contributed by atoms with E-state index in [-0.39, 0.29) is 0 Å². The van der Waals surface area contributed by atoms with E-state index in [0.29, 0.717) is 11.7 Å². The molecule has 4 heteroatoms. The van der Waals surface area contributed by atoms with E-state index in [9.17, 15) is 0 Å². The molecule has 0 saturated carbocycles. The number of nitrogens with two attached hydrogens (primary N) is 1. The van der Waals surface area contributed by atoms with E-state index in [1.807, 2.05) is 19.1 Å². The number of anilines is 1. The number of nitrogen functional groups attached to an aromatic ring is 1. The van der Waals surface area contributed by atoms with Crippen LogP contribution in [0.1, 0.15) is 25.1 Å². The van der Waals surface area contributed by atoms with Gasteiger partial charge in [-0.05, 0) is 31.4 Å². The molecule has 2 N–H and O–H groups in total. The van der Waals surface area contributed by atoms with Gasteiger partial charge in [-0.25, -0.2) is 0 Å². The molecule has 2 aromatic heterocycles. The SMILES string of the molecule is Cc1cc(-c2onc(N)c2CC(C)C)ccn1. The number of rotatable bonds is 3. The van der Waals surface area contributed by atoms with Crippen molar-refractivity contribution in [2.75, 3.05) is 5.73 Å². The molecule has 17 heavy (non-hydrogen) atoms. The second-order valence-electron chi connectivity index (χ2n) is 4.66. The van der Waals surface area contributed by atoms with E-state index in [1.165, 1.54) is 0 Å². The van der Waals surface area contributed by atoms with Crippen molar-refractivity contribution in [1.82, 2.24) is 10.1 Å². The molecule has 0 aliphatic rings. The lowest BCUT2D eigenvalue weighted by atomic mass is 10.00. The standard InChI is InChI=1S/C13H17N3O/c1-8(2)6-11-12(17-16-13(11)14)10-4-5-15-9(3)7-10/h4-5,7-8H,6H2,1-3H3,(H2,14,16). The molecule has 0 aliphatic carbocycles. The van der Waals surface area contributed by atoms with Crippen molar-refractivity contribution < 1.29 is 4.52 Å². The fourth-order valence-electron chi connectivity index (χ4n) is 1.84. The van der Waals surface area contributed by atoms with Crippen molar-refractivity contribution in [3.8, 4) is 11.3 Å². The number of aromatic nitrogens is 2. The lowest BCUT2D eigenvalue weighted by Gasteiger charge is -2.05. The first-order valence-electron chi connectivity index (χ1n) is 5.75. The molecule has 0 unspecified atom stereocenters. The minimum Gasteiger partial charge on any atom is -0.381 e. The summed E-state index contributed by atoms with van der Waals surface area (Å²) in [6.07, 6.45) is 2.63. The first kappa shape index (κ1) is 11.6. The molecule has 0 fully saturated rings. The Balaban J connectivity index is 2.45. The minimum absolute atomic E-state index is 0.489. The topological polar surface area (TPSA) is 64.9 Å². The molecular formula is C13H17N3O. The highest BCUT2D eigenvalue weighted by Crippen LogP contribution is 2.29. The molecule has 0 bridgehead atoms. The van der Waals surface area contributed by atoms with Crippen molar-refractivity contribution in [2.45, 2.75) is 27.2 Å². The number of hydrogen-bond donors (Lipinski definition) is 1. The van der Waals surface area contributed by atoms with Crippen LogP contribution >= 0.6 is 0 Å². The molecule has 0 atom stereocenters. The highest BCUT2D eigenvalue weighted by atomic mass is 16.5. The zero-order valence-corrected chi connectivity index (χ0v) is 10.4. The smallest absolute Gasteiger partial charge is 0.172 e. The van der Waals surface area contributed by atoms with Crippen LogP contribution in [0.25, 0.3) is 11.3 Å². The summed E-state index contributed by atoms with van der Waals surface area (Å²) in [5.41, 5.74) is 8.77. The highest BCUT2D eigenvalue weighted by molar-refractivity contribution is 5.66. The molecule has 4 nitrogen and oxygen atoms in total. The van der Waals surface area contributed by atoms with Gasteiger partial charge in [-0.15, -0.1) is 0 Å². The second kappa shape index (κ2) is 4.57. The molecule has 0 saturated heterocycles. The molecule has 2 aromatic rings. The summed E-state index contributed by atoms with van der Waals surface area (Å²) < 4.78 is 5.33. The van der Waals surface area contributed by atoms with Crippen LogP contribution in [0.5, 0.6) is 0 Å². The van der Waals surface area contributed by atoms with Crippen LogP contribution in [-0.4, -0.2) is 10.1 Å². The van der Waals surface area contributed by atoms with E-state index in [4.69, 9.17) is 10.3 Å². The minimum atomic E-state index is 0.489. The van der Waals surface area contributed by atoms with E-state index in [0.717, 1.165) is 29.0 Å². The van der Waals surface area contributed by atoms with Crippen molar-refractivity contribution in [2.24, 2.45) is 5.92 Å². The molecule has 90 valence electrons. The van der Waals surface area contributed by atoms with Gasteiger partial charge < -0.3 is 10.3 Å². The average Bonchev–Trinajstić information content (AvgIpc) is 2.60. The molecule has 2 rings (SSSR count). The van der Waals surface area contributed by atoms with Gasteiger partial charge in [0.15, 0.2) is 11.6 Å². The quantitative estimate of drug-likeness (QED) is 0.882. The number of nitrogens with zero attached hydrogens (tertiary/aromatic N) is 2. The predicted octanol–water partition coefficient (Wildman–Crippen LogP) is 2.83. The van der Waals surface area contributed by atoms with Crippen molar-refractivity contribution in [1.29, 1.82) is 0 Å². The van der Waals surface area contributed by atoms with Gasteiger partial charge in [0.25, 0.3) is 0 Å². The van der Waals surface area contributed by atoms with Crippen LogP contribution in [-0.2, 0) is 6.42 Å². The molecule has 0 spiro atoms. The first-order valence-corrected chi connectivity index (χ1v) is 5.75. The molecule has 0 aromatic carbocycles. The van der Waals surface area contributed by atoms with Gasteiger partial charge in [-0.2, -0.15) is 0 Å². The number of hydrogen-bond acceptors (Lipinski definition) is 4. The van der Waals surface area contributed by atoms with Crippen LogP contribution in [0, 0.1) is 12.8 Å². The Morgan fingerprint density at radius 1 is 1.41 bits per heavy atom. The van der Waals surface area contributed by atoms with Gasteiger partial charge in [0.2, 0.25) is 0 Å². The molecule has 0 radical (unpaired) electrons. The fourth-order valence-corrected chi connectivity index (χ4v) is 1.84. The third kappa shape index (κ3) is 2.46. The van der Waals surface area contributed by atoms with Crippen LogP contribution in [0.15, 0.2) is 22.9 Å². The summed E-state index contributed by atoms with van der Waals surface area (Å²) in [4.78, 5) is 4.17. The van der Waals surface area contributed by atoms with Crippen LogP contribution < -0.4 is 5.73 Å². The second-order valence-corrected chi connectivity index (χ2v) is 4.66. The third-order valence-electron chi connectivity index (χ3n) is 2.59. The largest absolute Gasteiger partial charge is 0.381 e. The van der Waals surface area contributed by atoms with Gasteiger partial charge in [-0.3, -0.25) is 4.98 Å². The lowest BCUT2D eigenvalue weighted by molar-refractivity contribution is 0.434. The van der Waals surface area contributed by atoms with Crippen molar-refractivity contribution in [3.63, 3.8) is 0 Å². The Morgan fingerprint density at radius 3 is 2.82 bits per heavy atom. The molecule has 0 aliphatic heterocycles. The van der Waals surface area contributed by atoms with Crippen molar-refractivity contribution >= 4 is 5.82 Å². The average molecular weight is 231 g/mol. The van der Waals surface area contributed by atoms with Crippen LogP contribution in [0.2, 0.25) is 0 Å². The van der Waals surface area contributed by atoms with Gasteiger partial charge in [0.1, 0.15) is 0 Å². The predicted molar refractivity (Wildman–Crippen MR) is 67.4 cm³/mol. The maximum atomic E-state index is 5.84. The van der Waals surface area contributed by atoms with Gasteiger partial charge >= 0.3 is 0 Å². The fraction of sp³-hybridized carbons (Fsp3) is 0.385. The van der Waals surface area contributed by atoms with Gasteiger partial charge in [0.05, 0.1) is 0 Å². The Kier molecular flexibility index (Phi) is 3.13. The maximum absolute atomic E-state index is 5.84. The van der Waals surface area contributed by atoms with E-state index in [1.54, 1.807) is 6.20 Å². The Bertz CT molecular complexity index is 517. The summed E-state index contributed by atoms with van der Waals surface area (Å²) in [6.45, 7) is 6.24. The van der Waals surface area contributed by atoms with Gasteiger partial charge in [-0.1, -0.05) is 19.0 Å². The van der Waals surface area contributed by atoms with E-state index in [2.05, 4.69) is 24.0 Å². The number of aryl methyl sites for hydroxylation is 1. The lowest BCUT2D eigenvalue weighted by Crippen LogP contribution is -1.99. The molecule has 2 heterocycles. The maximum Gasteiger partial charge on any atom is 0.172 e. The normalized spacial score (nSPS) is 11.1. The third-order valence-corrected chi connectivity index (χ3v) is 2.59. The summed E-state index contributed by atoms with van der Waals surface area (Å²) >= 11 is 0. The van der Waals surface area contributed by atoms with Gasteiger partial charge in [0, 0.05) is 23.0 Å². The Morgan fingerprint density at radius 2 is 2.18 bits per heavy atom. The Hall–Kier alpha value is -1.84. The van der Waals surface area contributed by atoms with E-state index >= 15 is 0 Å². The zero-order valence-electron chi connectivity index (χ0n) is 10.4. The molecule has 0 amide bonds. The Labute approximate surface area is 101 Å². The summed E-state index contributed by atoms with van der Waals surface area (Å²) in [6, 6.07) is 3.89. The molecular weight excluding hydrogens is 214 g/mol. The summed E-state index contributed by atoms with van der Waals surface area (Å²) in [5, 5.41) is 3.86. The summed E-state index contributed by atoms with van der Waals surface area (Å²) in [5.74, 6) is 1.77. The van der Waals surface area contributed by atoms with Crippen molar-refractivity contribution in [3.05, 3.63) is 29.6 Å². The zero-order chi connectivity index (χ0) is 12.4. The first-order chi connectivity index (χ1) is 8.08. The summed E-state index contributed by atoms with van der Waals surface area (Å²) in [7, 11) is 0. The monoisotopic (exact) mass is 231 g/mol. The van der Waals surface area contributed by atoms with E-state index < -0.39 is 0 Å². The van der Waals surface area contributed by atoms with Crippen LogP contribution in [0.4, 0.5) is 5.82 Å². The van der Waals surface area contributed by atoms with Crippen LogP contribution in [0.3, 0.4) is 0 Å². The highest BCUT2D eigenvalue weighted by Gasteiger charge is 2.16. The number of pyridine rings is 1.